The fraction of sp³-hybridized carbons (Fsp3) is 0.857. The van der Waals surface area contributed by atoms with Crippen LogP contribution in [0.15, 0.2) is 0 Å². The van der Waals surface area contributed by atoms with E-state index >= 15 is 0 Å². The lowest BCUT2D eigenvalue weighted by Gasteiger charge is -2.32. The van der Waals surface area contributed by atoms with Crippen molar-refractivity contribution >= 4 is 11.8 Å². The van der Waals surface area contributed by atoms with E-state index in [0.717, 1.165) is 38.8 Å². The van der Waals surface area contributed by atoms with E-state index in [9.17, 15) is 9.59 Å². The van der Waals surface area contributed by atoms with Crippen molar-refractivity contribution in [1.82, 2.24) is 10.2 Å². The summed E-state index contributed by atoms with van der Waals surface area (Å²) in [7, 11) is 0. The van der Waals surface area contributed by atoms with Crippen LogP contribution in [0.3, 0.4) is 0 Å². The van der Waals surface area contributed by atoms with Crippen molar-refractivity contribution in [2.75, 3.05) is 13.1 Å². The molecule has 0 bridgehead atoms. The first-order valence-electron chi connectivity index (χ1n) is 7.16. The highest BCUT2D eigenvalue weighted by Gasteiger charge is 2.27. The summed E-state index contributed by atoms with van der Waals surface area (Å²) in [6.07, 6.45) is 4.09. The third-order valence-electron chi connectivity index (χ3n) is 3.68. The molecule has 0 aromatic heterocycles. The fourth-order valence-corrected chi connectivity index (χ4v) is 2.23. The molecule has 0 saturated carbocycles. The molecule has 1 N–H and O–H groups in total. The predicted molar refractivity (Wildman–Crippen MR) is 72.1 cm³/mol. The Morgan fingerprint density at radius 2 is 1.89 bits per heavy atom. The first-order chi connectivity index (χ1) is 8.58. The molecule has 1 atom stereocenters. The standard InChI is InChI=1S/C14H26N2O2/c1-4-6-13(17)16-9-7-12(8-10-16)14(18)15-11(3)5-2/h11-12H,4-10H2,1-3H3,(H,15,18). The fourth-order valence-electron chi connectivity index (χ4n) is 2.23. The van der Waals surface area contributed by atoms with Crippen molar-refractivity contribution in [2.45, 2.75) is 58.9 Å². The van der Waals surface area contributed by atoms with Crippen LogP contribution in [0, 0.1) is 5.92 Å². The van der Waals surface area contributed by atoms with E-state index in [1.54, 1.807) is 0 Å². The summed E-state index contributed by atoms with van der Waals surface area (Å²) in [5, 5.41) is 3.03. The second kappa shape index (κ2) is 7.39. The molecule has 0 aromatic rings. The van der Waals surface area contributed by atoms with Gasteiger partial charge in [0.15, 0.2) is 0 Å². The third-order valence-corrected chi connectivity index (χ3v) is 3.68. The van der Waals surface area contributed by atoms with Crippen molar-refractivity contribution in [1.29, 1.82) is 0 Å². The van der Waals surface area contributed by atoms with Crippen LogP contribution in [0.5, 0.6) is 0 Å². The van der Waals surface area contributed by atoms with Crippen LogP contribution < -0.4 is 5.32 Å². The zero-order chi connectivity index (χ0) is 13.5. The molecule has 1 rings (SSSR count). The number of nitrogens with one attached hydrogen (secondary N) is 1. The number of hydrogen-bond donors (Lipinski definition) is 1. The molecule has 1 unspecified atom stereocenters. The molecule has 1 aliphatic rings. The van der Waals surface area contributed by atoms with E-state index in [2.05, 4.69) is 12.2 Å². The van der Waals surface area contributed by atoms with Crippen molar-refractivity contribution < 1.29 is 9.59 Å². The minimum Gasteiger partial charge on any atom is -0.353 e. The Morgan fingerprint density at radius 1 is 1.28 bits per heavy atom. The molecule has 1 heterocycles. The minimum absolute atomic E-state index is 0.0877. The lowest BCUT2D eigenvalue weighted by molar-refractivity contribution is -0.135. The summed E-state index contributed by atoms with van der Waals surface area (Å²) in [4.78, 5) is 25.6. The molecular formula is C14H26N2O2. The van der Waals surface area contributed by atoms with E-state index in [-0.39, 0.29) is 23.8 Å². The molecule has 1 saturated heterocycles. The third kappa shape index (κ3) is 4.31. The molecule has 0 aliphatic carbocycles. The lowest BCUT2D eigenvalue weighted by atomic mass is 9.95. The number of rotatable bonds is 5. The summed E-state index contributed by atoms with van der Waals surface area (Å²) in [6, 6.07) is 0.247. The van der Waals surface area contributed by atoms with Crippen LogP contribution in [0.25, 0.3) is 0 Å². The van der Waals surface area contributed by atoms with Crippen LogP contribution in [0.2, 0.25) is 0 Å². The molecule has 18 heavy (non-hydrogen) atoms. The van der Waals surface area contributed by atoms with Gasteiger partial charge in [-0.25, -0.2) is 0 Å². The maximum atomic E-state index is 12.0. The van der Waals surface area contributed by atoms with Crippen molar-refractivity contribution in [3.63, 3.8) is 0 Å². The van der Waals surface area contributed by atoms with Crippen molar-refractivity contribution in [3.8, 4) is 0 Å². The van der Waals surface area contributed by atoms with Crippen LogP contribution in [0.1, 0.15) is 52.9 Å². The van der Waals surface area contributed by atoms with Gasteiger partial charge in [0, 0.05) is 31.5 Å². The zero-order valence-electron chi connectivity index (χ0n) is 11.9. The highest BCUT2D eigenvalue weighted by molar-refractivity contribution is 5.80. The Labute approximate surface area is 110 Å². The topological polar surface area (TPSA) is 49.4 Å². The highest BCUT2D eigenvalue weighted by atomic mass is 16.2. The van der Waals surface area contributed by atoms with Crippen LogP contribution in [-0.2, 0) is 9.59 Å². The molecule has 2 amide bonds. The number of piperidine rings is 1. The predicted octanol–water partition coefficient (Wildman–Crippen LogP) is 1.94. The molecular weight excluding hydrogens is 228 g/mol. The van der Waals surface area contributed by atoms with Gasteiger partial charge in [0.2, 0.25) is 11.8 Å². The van der Waals surface area contributed by atoms with Crippen molar-refractivity contribution in [2.24, 2.45) is 5.92 Å². The van der Waals surface area contributed by atoms with Gasteiger partial charge in [-0.05, 0) is 32.6 Å². The Morgan fingerprint density at radius 3 is 2.39 bits per heavy atom. The van der Waals surface area contributed by atoms with Gasteiger partial charge < -0.3 is 10.2 Å². The highest BCUT2D eigenvalue weighted by Crippen LogP contribution is 2.18. The zero-order valence-corrected chi connectivity index (χ0v) is 11.9. The number of likely N-dealkylation sites (tertiary alicyclic amines) is 1. The quantitative estimate of drug-likeness (QED) is 0.815. The minimum atomic E-state index is 0.0877. The Bertz CT molecular complexity index is 284. The van der Waals surface area contributed by atoms with E-state index in [1.165, 1.54) is 0 Å². The molecule has 0 spiro atoms. The van der Waals surface area contributed by atoms with Crippen LogP contribution in [0.4, 0.5) is 0 Å². The average Bonchev–Trinajstić information content (AvgIpc) is 2.39. The smallest absolute Gasteiger partial charge is 0.223 e. The van der Waals surface area contributed by atoms with E-state index in [0.29, 0.717) is 6.42 Å². The Balaban J connectivity index is 2.34. The molecule has 1 aliphatic heterocycles. The number of amides is 2. The van der Waals surface area contributed by atoms with Crippen LogP contribution in [-0.4, -0.2) is 35.8 Å². The van der Waals surface area contributed by atoms with Gasteiger partial charge in [0.05, 0.1) is 0 Å². The van der Waals surface area contributed by atoms with Gasteiger partial charge in [0.1, 0.15) is 0 Å². The number of hydrogen-bond acceptors (Lipinski definition) is 2. The molecule has 104 valence electrons. The molecule has 4 nitrogen and oxygen atoms in total. The summed E-state index contributed by atoms with van der Waals surface area (Å²) in [5.74, 6) is 0.481. The second-order valence-electron chi connectivity index (χ2n) is 5.22. The maximum Gasteiger partial charge on any atom is 0.223 e. The molecule has 4 heteroatoms. The van der Waals surface area contributed by atoms with E-state index < -0.39 is 0 Å². The maximum absolute atomic E-state index is 12.0. The Hall–Kier alpha value is -1.06. The monoisotopic (exact) mass is 254 g/mol. The molecule has 0 radical (unpaired) electrons. The largest absolute Gasteiger partial charge is 0.353 e. The van der Waals surface area contributed by atoms with E-state index in [4.69, 9.17) is 0 Å². The number of nitrogens with zero attached hydrogens (tertiary/aromatic N) is 1. The average molecular weight is 254 g/mol. The first kappa shape index (κ1) is 15.0. The number of carbonyl (C=O) groups is 2. The number of carbonyl (C=O) groups excluding carboxylic acids is 2. The second-order valence-corrected chi connectivity index (χ2v) is 5.22. The molecule has 0 aromatic carbocycles. The van der Waals surface area contributed by atoms with Gasteiger partial charge in [-0.1, -0.05) is 13.8 Å². The summed E-state index contributed by atoms with van der Waals surface area (Å²) >= 11 is 0. The lowest BCUT2D eigenvalue weighted by Crippen LogP contribution is -2.44. The summed E-state index contributed by atoms with van der Waals surface area (Å²) in [5.41, 5.74) is 0. The normalized spacial score (nSPS) is 18.5. The van der Waals surface area contributed by atoms with Gasteiger partial charge >= 0.3 is 0 Å². The first-order valence-corrected chi connectivity index (χ1v) is 7.16. The SMILES string of the molecule is CCCC(=O)N1CCC(C(=O)NC(C)CC)CC1. The van der Waals surface area contributed by atoms with E-state index in [1.807, 2.05) is 18.7 Å². The Kier molecular flexibility index (Phi) is 6.16. The van der Waals surface area contributed by atoms with Gasteiger partial charge in [0.25, 0.3) is 0 Å². The van der Waals surface area contributed by atoms with Gasteiger partial charge in [-0.3, -0.25) is 9.59 Å². The van der Waals surface area contributed by atoms with Gasteiger partial charge in [-0.2, -0.15) is 0 Å². The summed E-state index contributed by atoms with van der Waals surface area (Å²) in [6.45, 7) is 7.58. The van der Waals surface area contributed by atoms with Crippen LogP contribution >= 0.6 is 0 Å². The summed E-state index contributed by atoms with van der Waals surface area (Å²) < 4.78 is 0. The van der Waals surface area contributed by atoms with Gasteiger partial charge in [-0.15, -0.1) is 0 Å². The molecule has 1 fully saturated rings. The van der Waals surface area contributed by atoms with Crippen molar-refractivity contribution in [3.05, 3.63) is 0 Å².